The number of rotatable bonds is 3. The summed E-state index contributed by atoms with van der Waals surface area (Å²) >= 11 is 0.986. The number of hydrogen-bond acceptors (Lipinski definition) is 5. The number of carboxylic acid groups (broad SMARTS) is 1. The van der Waals surface area contributed by atoms with Crippen molar-refractivity contribution in [2.24, 2.45) is 0 Å². The zero-order valence-electron chi connectivity index (χ0n) is 11.2. The third-order valence-electron chi connectivity index (χ3n) is 2.78. The number of nitrogens with zero attached hydrogens (tertiary/aromatic N) is 3. The molecule has 0 bridgehead atoms. The van der Waals surface area contributed by atoms with Gasteiger partial charge in [0.25, 0.3) is 5.91 Å². The lowest BCUT2D eigenvalue weighted by molar-refractivity contribution is 0.0697. The second-order valence-corrected chi connectivity index (χ2v) is 5.03. The fourth-order valence-corrected chi connectivity index (χ4v) is 2.61. The van der Waals surface area contributed by atoms with Gasteiger partial charge in [-0.25, -0.2) is 9.78 Å². The first-order valence-electron chi connectivity index (χ1n) is 5.83. The van der Waals surface area contributed by atoms with Crippen LogP contribution in [0.4, 0.5) is 5.00 Å². The second-order valence-electron chi connectivity index (χ2n) is 4.28. The van der Waals surface area contributed by atoms with Crippen LogP contribution in [-0.4, -0.2) is 33.4 Å². The summed E-state index contributed by atoms with van der Waals surface area (Å²) in [6.07, 6.45) is 0. The quantitative estimate of drug-likeness (QED) is 0.936. The van der Waals surface area contributed by atoms with E-state index in [-0.39, 0.29) is 17.2 Å². The average Bonchev–Trinajstić information content (AvgIpc) is 2.79. The van der Waals surface area contributed by atoms with Crippen LogP contribution in [-0.2, 0) is 0 Å². The summed E-state index contributed by atoms with van der Waals surface area (Å²) < 4.78 is 4.00. The molecule has 0 saturated heterocycles. The van der Waals surface area contributed by atoms with Crippen LogP contribution in [0.2, 0.25) is 0 Å². The molecule has 0 atom stereocenters. The smallest absolute Gasteiger partial charge is 0.340 e. The van der Waals surface area contributed by atoms with E-state index in [1.165, 1.54) is 11.9 Å². The van der Waals surface area contributed by atoms with E-state index < -0.39 is 5.97 Å². The van der Waals surface area contributed by atoms with E-state index in [9.17, 15) is 14.7 Å². The Labute approximate surface area is 119 Å². The van der Waals surface area contributed by atoms with Gasteiger partial charge in [-0.1, -0.05) is 6.07 Å². The maximum absolute atomic E-state index is 12.3. The van der Waals surface area contributed by atoms with Gasteiger partial charge in [0.15, 0.2) is 0 Å². The predicted octanol–water partition coefficient (Wildman–Crippen LogP) is 2.13. The largest absolute Gasteiger partial charge is 0.478 e. The second kappa shape index (κ2) is 5.38. The normalized spacial score (nSPS) is 10.3. The molecule has 0 fully saturated rings. The summed E-state index contributed by atoms with van der Waals surface area (Å²) in [5.74, 6) is -1.46. The number of amides is 1. The standard InChI is InChI=1S/C13H13N3O3S/c1-7-5-4-6-9(14-7)11(17)16(3)12-10(13(18)19)8(2)15-20-12/h4-6H,1-3H3,(H,18,19). The molecule has 0 saturated carbocycles. The van der Waals surface area contributed by atoms with Gasteiger partial charge in [-0.2, -0.15) is 4.37 Å². The van der Waals surface area contributed by atoms with Crippen molar-refractivity contribution in [1.29, 1.82) is 0 Å². The molecule has 1 amide bonds. The Morgan fingerprint density at radius 1 is 1.30 bits per heavy atom. The van der Waals surface area contributed by atoms with Crippen LogP contribution in [0.25, 0.3) is 0 Å². The summed E-state index contributed by atoms with van der Waals surface area (Å²) in [4.78, 5) is 29.0. The number of carbonyl (C=O) groups excluding carboxylic acids is 1. The number of carboxylic acids is 1. The van der Waals surface area contributed by atoms with Crippen LogP contribution >= 0.6 is 11.5 Å². The van der Waals surface area contributed by atoms with Crippen LogP contribution in [0.1, 0.15) is 32.2 Å². The van der Waals surface area contributed by atoms with Crippen LogP contribution in [0.5, 0.6) is 0 Å². The van der Waals surface area contributed by atoms with E-state index in [1.807, 2.05) is 0 Å². The van der Waals surface area contributed by atoms with Gasteiger partial charge in [0.05, 0.1) is 5.69 Å². The minimum atomic E-state index is -1.09. The first-order valence-corrected chi connectivity index (χ1v) is 6.60. The maximum atomic E-state index is 12.3. The van der Waals surface area contributed by atoms with Gasteiger partial charge < -0.3 is 5.11 Å². The number of aryl methyl sites for hydroxylation is 2. The molecule has 0 unspecified atom stereocenters. The zero-order valence-corrected chi connectivity index (χ0v) is 12.1. The van der Waals surface area contributed by atoms with E-state index in [1.54, 1.807) is 32.0 Å². The lowest BCUT2D eigenvalue weighted by Crippen LogP contribution is -2.27. The molecule has 6 nitrogen and oxygen atoms in total. The number of pyridine rings is 1. The van der Waals surface area contributed by atoms with Gasteiger partial charge in [0.1, 0.15) is 16.3 Å². The Hall–Kier alpha value is -2.28. The molecule has 2 heterocycles. The van der Waals surface area contributed by atoms with Gasteiger partial charge in [-0.15, -0.1) is 0 Å². The van der Waals surface area contributed by atoms with Gasteiger partial charge in [-0.3, -0.25) is 9.69 Å². The van der Waals surface area contributed by atoms with E-state index in [0.29, 0.717) is 10.7 Å². The number of carbonyl (C=O) groups is 2. The van der Waals surface area contributed by atoms with Gasteiger partial charge >= 0.3 is 5.97 Å². The molecule has 2 rings (SSSR count). The molecular formula is C13H13N3O3S. The molecule has 20 heavy (non-hydrogen) atoms. The number of aromatic nitrogens is 2. The number of hydrogen-bond donors (Lipinski definition) is 1. The van der Waals surface area contributed by atoms with Crippen LogP contribution in [0.3, 0.4) is 0 Å². The molecule has 0 aliphatic carbocycles. The van der Waals surface area contributed by atoms with E-state index in [0.717, 1.165) is 17.2 Å². The highest BCUT2D eigenvalue weighted by molar-refractivity contribution is 7.11. The SMILES string of the molecule is Cc1cccc(C(=O)N(C)c2snc(C)c2C(=O)O)n1. The lowest BCUT2D eigenvalue weighted by Gasteiger charge is -2.15. The third kappa shape index (κ3) is 2.53. The van der Waals surface area contributed by atoms with Gasteiger partial charge in [0, 0.05) is 12.7 Å². The molecule has 0 radical (unpaired) electrons. The van der Waals surface area contributed by atoms with Gasteiger partial charge in [0.2, 0.25) is 0 Å². The topological polar surface area (TPSA) is 83.4 Å². The lowest BCUT2D eigenvalue weighted by atomic mass is 10.2. The molecule has 1 N–H and O–H groups in total. The van der Waals surface area contributed by atoms with Gasteiger partial charge in [-0.05, 0) is 37.5 Å². The summed E-state index contributed by atoms with van der Waals surface area (Å²) in [5.41, 5.74) is 1.45. The van der Waals surface area contributed by atoms with Crippen molar-refractivity contribution in [3.05, 3.63) is 40.8 Å². The molecule has 104 valence electrons. The van der Waals surface area contributed by atoms with Crippen molar-refractivity contribution in [3.63, 3.8) is 0 Å². The Kier molecular flexibility index (Phi) is 3.80. The molecular weight excluding hydrogens is 278 g/mol. The van der Waals surface area contributed by atoms with Crippen LogP contribution < -0.4 is 4.90 Å². The van der Waals surface area contributed by atoms with E-state index >= 15 is 0 Å². The van der Waals surface area contributed by atoms with Crippen molar-refractivity contribution in [1.82, 2.24) is 9.36 Å². The summed E-state index contributed by atoms with van der Waals surface area (Å²) in [6.45, 7) is 3.39. The van der Waals surface area contributed by atoms with Crippen LogP contribution in [0, 0.1) is 13.8 Å². The number of aromatic carboxylic acids is 1. The highest BCUT2D eigenvalue weighted by atomic mass is 32.1. The first-order chi connectivity index (χ1) is 9.41. The average molecular weight is 291 g/mol. The fraction of sp³-hybridized carbons (Fsp3) is 0.231. The fourth-order valence-electron chi connectivity index (χ4n) is 1.76. The third-order valence-corrected chi connectivity index (χ3v) is 3.79. The van der Waals surface area contributed by atoms with Crippen molar-refractivity contribution < 1.29 is 14.7 Å². The Morgan fingerprint density at radius 2 is 2.00 bits per heavy atom. The first kappa shape index (κ1) is 14.1. The molecule has 0 aliphatic heterocycles. The minimum absolute atomic E-state index is 0.0542. The maximum Gasteiger partial charge on any atom is 0.340 e. The molecule has 0 aliphatic rings. The highest BCUT2D eigenvalue weighted by Gasteiger charge is 2.25. The van der Waals surface area contributed by atoms with E-state index in [4.69, 9.17) is 0 Å². The Morgan fingerprint density at radius 3 is 2.60 bits per heavy atom. The zero-order chi connectivity index (χ0) is 14.9. The molecule has 0 aromatic carbocycles. The van der Waals surface area contributed by atoms with Crippen molar-refractivity contribution in [3.8, 4) is 0 Å². The monoisotopic (exact) mass is 291 g/mol. The van der Waals surface area contributed by atoms with E-state index in [2.05, 4.69) is 9.36 Å². The molecule has 2 aromatic rings. The Balaban J connectivity index is 2.39. The van der Waals surface area contributed by atoms with Crippen LogP contribution in [0.15, 0.2) is 18.2 Å². The van der Waals surface area contributed by atoms with Crippen molar-refractivity contribution >= 4 is 28.4 Å². The van der Waals surface area contributed by atoms with Crippen molar-refractivity contribution in [2.45, 2.75) is 13.8 Å². The molecule has 0 spiro atoms. The highest BCUT2D eigenvalue weighted by Crippen LogP contribution is 2.28. The van der Waals surface area contributed by atoms with Crippen molar-refractivity contribution in [2.75, 3.05) is 11.9 Å². The number of anilines is 1. The summed E-state index contributed by atoms with van der Waals surface area (Å²) in [6, 6.07) is 5.12. The minimum Gasteiger partial charge on any atom is -0.478 e. The Bertz CT molecular complexity index is 681. The summed E-state index contributed by atoms with van der Waals surface area (Å²) in [5, 5.41) is 9.50. The summed E-state index contributed by atoms with van der Waals surface area (Å²) in [7, 11) is 1.52. The molecule has 7 heteroatoms. The predicted molar refractivity (Wildman–Crippen MR) is 75.5 cm³/mol. The molecule has 2 aromatic heterocycles.